The van der Waals surface area contributed by atoms with Crippen LogP contribution in [0.3, 0.4) is 0 Å². The molecule has 26 heavy (non-hydrogen) atoms. The average molecular weight is 353 g/mol. The lowest BCUT2D eigenvalue weighted by molar-refractivity contribution is 0.0653. The fourth-order valence-corrected chi connectivity index (χ4v) is 2.73. The monoisotopic (exact) mass is 353 g/mol. The van der Waals surface area contributed by atoms with Gasteiger partial charge in [0, 0.05) is 18.8 Å². The Morgan fingerprint density at radius 1 is 1.00 bits per heavy atom. The second-order valence-corrected chi connectivity index (χ2v) is 5.77. The third-order valence-electron chi connectivity index (χ3n) is 4.07. The quantitative estimate of drug-likeness (QED) is 0.617. The summed E-state index contributed by atoms with van der Waals surface area (Å²) < 4.78 is 5.06. The number of urea groups is 1. The number of amides is 4. The van der Waals surface area contributed by atoms with Gasteiger partial charge < -0.3 is 15.4 Å². The maximum atomic E-state index is 12.2. The number of anilines is 1. The normalized spacial score (nSPS) is 12.7. The summed E-state index contributed by atoms with van der Waals surface area (Å²) in [4.78, 5) is 37.5. The molecule has 7 heteroatoms. The van der Waals surface area contributed by atoms with E-state index in [0.717, 1.165) is 0 Å². The number of benzene rings is 2. The molecule has 0 bridgehead atoms. The van der Waals surface area contributed by atoms with Crippen molar-refractivity contribution in [2.75, 3.05) is 25.5 Å². The third kappa shape index (κ3) is 3.66. The molecule has 4 amide bonds. The fraction of sp³-hybridized carbons (Fsp3) is 0.211. The minimum absolute atomic E-state index is 0.259. The Morgan fingerprint density at radius 2 is 1.62 bits per heavy atom. The second-order valence-electron chi connectivity index (χ2n) is 5.77. The first kappa shape index (κ1) is 17.5. The van der Waals surface area contributed by atoms with Crippen molar-refractivity contribution in [3.63, 3.8) is 0 Å². The van der Waals surface area contributed by atoms with E-state index in [-0.39, 0.29) is 24.4 Å². The van der Waals surface area contributed by atoms with Crippen LogP contribution < -0.4 is 15.4 Å². The summed E-state index contributed by atoms with van der Waals surface area (Å²) >= 11 is 0. The first-order chi connectivity index (χ1) is 12.6. The molecule has 7 nitrogen and oxygen atoms in total. The van der Waals surface area contributed by atoms with Gasteiger partial charge in [0.2, 0.25) is 0 Å². The Balaban J connectivity index is 1.43. The standard InChI is InChI=1S/C19H19N3O4/c1-26-14-9-7-13(8-10-14)21-19(25)20-11-4-12-22-17(23)15-5-2-3-6-16(15)18(22)24/h2-3,5-10H,4,11-12H2,1H3,(H2,20,21,25). The molecule has 0 spiro atoms. The summed E-state index contributed by atoms with van der Waals surface area (Å²) in [6.07, 6.45) is 0.474. The first-order valence-electron chi connectivity index (χ1n) is 8.24. The van der Waals surface area contributed by atoms with Crippen LogP contribution in [-0.2, 0) is 0 Å². The lowest BCUT2D eigenvalue weighted by Gasteiger charge is -2.14. The van der Waals surface area contributed by atoms with Gasteiger partial charge in [0.05, 0.1) is 18.2 Å². The largest absolute Gasteiger partial charge is 0.497 e. The predicted molar refractivity (Wildman–Crippen MR) is 96.4 cm³/mol. The van der Waals surface area contributed by atoms with Gasteiger partial charge in [-0.1, -0.05) is 12.1 Å². The number of fused-ring (bicyclic) bond motifs is 1. The third-order valence-corrected chi connectivity index (χ3v) is 4.07. The predicted octanol–water partition coefficient (Wildman–Crippen LogP) is 2.50. The van der Waals surface area contributed by atoms with Gasteiger partial charge in [-0.05, 0) is 42.8 Å². The van der Waals surface area contributed by atoms with Gasteiger partial charge in [-0.15, -0.1) is 0 Å². The molecule has 0 saturated heterocycles. The van der Waals surface area contributed by atoms with Gasteiger partial charge in [-0.2, -0.15) is 0 Å². The lowest BCUT2D eigenvalue weighted by Crippen LogP contribution is -2.35. The van der Waals surface area contributed by atoms with Crippen LogP contribution >= 0.6 is 0 Å². The van der Waals surface area contributed by atoms with Crippen molar-refractivity contribution in [2.45, 2.75) is 6.42 Å². The molecule has 1 heterocycles. The van der Waals surface area contributed by atoms with Crippen LogP contribution in [0, 0.1) is 0 Å². The molecule has 3 rings (SSSR count). The number of carbonyl (C=O) groups is 3. The van der Waals surface area contributed by atoms with E-state index in [1.165, 1.54) is 4.90 Å². The number of hydrogen-bond donors (Lipinski definition) is 2. The zero-order valence-electron chi connectivity index (χ0n) is 14.3. The highest BCUT2D eigenvalue weighted by Crippen LogP contribution is 2.22. The molecule has 0 fully saturated rings. The Hall–Kier alpha value is -3.35. The van der Waals surface area contributed by atoms with Crippen LogP contribution in [0.2, 0.25) is 0 Å². The summed E-state index contributed by atoms with van der Waals surface area (Å²) in [6.45, 7) is 0.602. The van der Waals surface area contributed by atoms with E-state index in [4.69, 9.17) is 4.74 Å². The second kappa shape index (κ2) is 7.69. The zero-order valence-corrected chi connectivity index (χ0v) is 14.3. The number of carbonyl (C=O) groups excluding carboxylic acids is 3. The summed E-state index contributed by atoms with van der Waals surface area (Å²) in [7, 11) is 1.57. The number of rotatable bonds is 6. The number of ether oxygens (including phenoxy) is 1. The van der Waals surface area contributed by atoms with E-state index in [1.807, 2.05) is 0 Å². The summed E-state index contributed by atoms with van der Waals surface area (Å²) in [5.74, 6) is 0.137. The van der Waals surface area contributed by atoms with Crippen molar-refractivity contribution in [2.24, 2.45) is 0 Å². The van der Waals surface area contributed by atoms with Gasteiger partial charge in [0.25, 0.3) is 11.8 Å². The van der Waals surface area contributed by atoms with Crippen LogP contribution in [0.1, 0.15) is 27.1 Å². The van der Waals surface area contributed by atoms with E-state index < -0.39 is 0 Å². The highest BCUT2D eigenvalue weighted by Gasteiger charge is 2.34. The van der Waals surface area contributed by atoms with Crippen LogP contribution in [-0.4, -0.2) is 42.9 Å². The molecule has 0 aromatic heterocycles. The number of methoxy groups -OCH3 is 1. The minimum atomic E-state index is -0.350. The SMILES string of the molecule is COc1ccc(NC(=O)NCCCN2C(=O)c3ccccc3C2=O)cc1. The summed E-state index contributed by atoms with van der Waals surface area (Å²) in [5.41, 5.74) is 1.51. The van der Waals surface area contributed by atoms with Crippen LogP contribution in [0.15, 0.2) is 48.5 Å². The van der Waals surface area contributed by atoms with Gasteiger partial charge in [0.15, 0.2) is 0 Å². The molecule has 0 aliphatic carbocycles. The van der Waals surface area contributed by atoms with E-state index in [2.05, 4.69) is 10.6 Å². The van der Waals surface area contributed by atoms with Crippen molar-refractivity contribution in [1.82, 2.24) is 10.2 Å². The maximum Gasteiger partial charge on any atom is 0.319 e. The number of hydrogen-bond acceptors (Lipinski definition) is 4. The van der Waals surface area contributed by atoms with Crippen LogP contribution in [0.25, 0.3) is 0 Å². The maximum absolute atomic E-state index is 12.2. The Bertz CT molecular complexity index is 798. The van der Waals surface area contributed by atoms with Crippen molar-refractivity contribution in [3.05, 3.63) is 59.7 Å². The Morgan fingerprint density at radius 3 is 2.19 bits per heavy atom. The molecule has 134 valence electrons. The fourth-order valence-electron chi connectivity index (χ4n) is 2.73. The van der Waals surface area contributed by atoms with Crippen LogP contribution in [0.4, 0.5) is 10.5 Å². The Labute approximate surface area is 150 Å². The molecule has 2 N–H and O–H groups in total. The molecular weight excluding hydrogens is 334 g/mol. The Kier molecular flexibility index (Phi) is 5.17. The van der Waals surface area contributed by atoms with Gasteiger partial charge in [-0.25, -0.2) is 4.79 Å². The summed E-state index contributed by atoms with van der Waals surface area (Å²) in [5, 5.41) is 5.40. The number of nitrogens with one attached hydrogen (secondary N) is 2. The smallest absolute Gasteiger partial charge is 0.319 e. The van der Waals surface area contributed by atoms with Crippen LogP contribution in [0.5, 0.6) is 5.75 Å². The number of imide groups is 1. The number of nitrogens with zero attached hydrogens (tertiary/aromatic N) is 1. The molecule has 0 radical (unpaired) electrons. The minimum Gasteiger partial charge on any atom is -0.497 e. The lowest BCUT2D eigenvalue weighted by atomic mass is 10.1. The molecule has 0 atom stereocenters. The van der Waals surface area contributed by atoms with E-state index in [9.17, 15) is 14.4 Å². The average Bonchev–Trinajstić information content (AvgIpc) is 2.91. The molecule has 2 aromatic rings. The van der Waals surface area contributed by atoms with Gasteiger partial charge >= 0.3 is 6.03 Å². The molecule has 2 aromatic carbocycles. The highest BCUT2D eigenvalue weighted by molar-refractivity contribution is 6.21. The van der Waals surface area contributed by atoms with Gasteiger partial charge in [0.1, 0.15) is 5.75 Å². The van der Waals surface area contributed by atoms with E-state index in [0.29, 0.717) is 35.5 Å². The molecule has 1 aliphatic rings. The molecular formula is C19H19N3O4. The molecule has 0 saturated carbocycles. The van der Waals surface area contributed by atoms with Crippen molar-refractivity contribution >= 4 is 23.5 Å². The first-order valence-corrected chi connectivity index (χ1v) is 8.24. The van der Waals surface area contributed by atoms with Crippen molar-refractivity contribution in [1.29, 1.82) is 0 Å². The zero-order chi connectivity index (χ0) is 18.5. The van der Waals surface area contributed by atoms with Crippen molar-refractivity contribution < 1.29 is 19.1 Å². The van der Waals surface area contributed by atoms with E-state index in [1.54, 1.807) is 55.6 Å². The molecule has 0 unspecified atom stereocenters. The summed E-state index contributed by atoms with van der Waals surface area (Å²) in [6, 6.07) is 13.4. The van der Waals surface area contributed by atoms with E-state index >= 15 is 0 Å². The van der Waals surface area contributed by atoms with Gasteiger partial charge in [-0.3, -0.25) is 14.5 Å². The topological polar surface area (TPSA) is 87.7 Å². The highest BCUT2D eigenvalue weighted by atomic mass is 16.5. The van der Waals surface area contributed by atoms with Crippen molar-refractivity contribution in [3.8, 4) is 5.75 Å². The molecule has 1 aliphatic heterocycles.